The van der Waals surface area contributed by atoms with Crippen LogP contribution in [-0.4, -0.2) is 51.7 Å². The van der Waals surface area contributed by atoms with Crippen molar-refractivity contribution in [1.82, 2.24) is 19.6 Å². The summed E-state index contributed by atoms with van der Waals surface area (Å²) in [7, 11) is 0. The van der Waals surface area contributed by atoms with Crippen LogP contribution in [0.3, 0.4) is 0 Å². The van der Waals surface area contributed by atoms with Crippen LogP contribution >= 0.6 is 11.3 Å². The zero-order valence-corrected chi connectivity index (χ0v) is 22.0. The van der Waals surface area contributed by atoms with Crippen LogP contribution in [0.2, 0.25) is 0 Å². The third-order valence-corrected chi connectivity index (χ3v) is 8.33. The lowest BCUT2D eigenvalue weighted by molar-refractivity contribution is 0.0602. The van der Waals surface area contributed by atoms with Crippen molar-refractivity contribution in [2.75, 3.05) is 26.2 Å². The maximum absolute atomic E-state index is 13.6. The van der Waals surface area contributed by atoms with Gasteiger partial charge in [0, 0.05) is 31.6 Å². The van der Waals surface area contributed by atoms with E-state index in [-0.39, 0.29) is 11.9 Å². The van der Waals surface area contributed by atoms with E-state index in [1.165, 1.54) is 16.7 Å². The molecule has 0 atom stereocenters. The van der Waals surface area contributed by atoms with Gasteiger partial charge in [0.1, 0.15) is 4.83 Å². The fourth-order valence-corrected chi connectivity index (χ4v) is 6.39. The zero-order valence-electron chi connectivity index (χ0n) is 21.2. The Labute approximate surface area is 221 Å². The van der Waals surface area contributed by atoms with Crippen LogP contribution in [0.5, 0.6) is 0 Å². The number of benzene rings is 3. The summed E-state index contributed by atoms with van der Waals surface area (Å²) >= 11 is 1.54. The van der Waals surface area contributed by atoms with E-state index in [4.69, 9.17) is 5.10 Å². The van der Waals surface area contributed by atoms with Gasteiger partial charge in [-0.15, -0.1) is 11.3 Å². The highest BCUT2D eigenvalue weighted by Crippen LogP contribution is 2.33. The molecule has 186 valence electrons. The van der Waals surface area contributed by atoms with Crippen LogP contribution in [-0.2, 0) is 0 Å². The lowest BCUT2D eigenvalue weighted by atomic mass is 9.96. The van der Waals surface area contributed by atoms with Crippen LogP contribution in [0.25, 0.3) is 15.9 Å². The molecule has 0 aliphatic carbocycles. The Morgan fingerprint density at radius 1 is 0.811 bits per heavy atom. The van der Waals surface area contributed by atoms with Gasteiger partial charge in [-0.25, -0.2) is 4.68 Å². The molecule has 1 aliphatic heterocycles. The molecule has 1 saturated heterocycles. The van der Waals surface area contributed by atoms with Gasteiger partial charge in [0.25, 0.3) is 5.91 Å². The molecule has 0 unspecified atom stereocenters. The van der Waals surface area contributed by atoms with Gasteiger partial charge in [-0.05, 0) is 43.2 Å². The molecule has 6 rings (SSSR count). The highest BCUT2D eigenvalue weighted by Gasteiger charge is 2.29. The van der Waals surface area contributed by atoms with Crippen LogP contribution < -0.4 is 0 Å². The molecule has 5 nitrogen and oxygen atoms in total. The van der Waals surface area contributed by atoms with Gasteiger partial charge in [0.05, 0.1) is 22.3 Å². The number of hydrogen-bond donors (Lipinski definition) is 0. The molecule has 1 amide bonds. The quantitative estimate of drug-likeness (QED) is 0.283. The Morgan fingerprint density at radius 3 is 2.00 bits per heavy atom. The topological polar surface area (TPSA) is 41.4 Å². The molecule has 5 aromatic rings. The first-order chi connectivity index (χ1) is 18.1. The van der Waals surface area contributed by atoms with Gasteiger partial charge in [-0.3, -0.25) is 9.69 Å². The molecular weight excluding hydrogens is 476 g/mol. The monoisotopic (exact) mass is 506 g/mol. The third kappa shape index (κ3) is 4.59. The summed E-state index contributed by atoms with van der Waals surface area (Å²) in [4.78, 5) is 19.9. The highest BCUT2D eigenvalue weighted by atomic mass is 32.1. The lowest BCUT2D eigenvalue weighted by Gasteiger charge is -2.39. The van der Waals surface area contributed by atoms with E-state index >= 15 is 0 Å². The normalized spacial score (nSPS) is 14.5. The Balaban J connectivity index is 1.22. The maximum Gasteiger partial charge on any atom is 0.264 e. The Hall–Kier alpha value is -3.74. The highest BCUT2D eigenvalue weighted by molar-refractivity contribution is 7.20. The van der Waals surface area contributed by atoms with Gasteiger partial charge < -0.3 is 4.90 Å². The second kappa shape index (κ2) is 9.96. The van der Waals surface area contributed by atoms with Crippen LogP contribution in [0.15, 0.2) is 91.0 Å². The summed E-state index contributed by atoms with van der Waals surface area (Å²) in [6.45, 7) is 7.19. The zero-order chi connectivity index (χ0) is 25.4. The summed E-state index contributed by atoms with van der Waals surface area (Å²) in [5, 5.41) is 5.80. The molecule has 2 aromatic heterocycles. The molecule has 37 heavy (non-hydrogen) atoms. The standard InChI is InChI=1S/C31H30N4OS/c1-22-13-15-26(16-14-22)35-31-27(23(2)32-35)21-28(37-31)30(36)34-19-17-33(18-20-34)29(24-9-5-3-6-10-24)25-11-7-4-8-12-25/h3-16,21,29H,17-20H2,1-2H3. The van der Waals surface area contributed by atoms with E-state index in [9.17, 15) is 4.79 Å². The first-order valence-corrected chi connectivity index (χ1v) is 13.6. The second-order valence-electron chi connectivity index (χ2n) is 9.71. The number of hydrogen-bond acceptors (Lipinski definition) is 4. The Kier molecular flexibility index (Phi) is 6.37. The number of carbonyl (C=O) groups is 1. The van der Waals surface area contributed by atoms with Crippen molar-refractivity contribution in [3.05, 3.63) is 118 Å². The molecule has 0 bridgehead atoms. The van der Waals surface area contributed by atoms with Crippen molar-refractivity contribution < 1.29 is 4.79 Å². The number of aryl methyl sites for hydroxylation is 2. The maximum atomic E-state index is 13.6. The smallest absolute Gasteiger partial charge is 0.264 e. The molecule has 0 radical (unpaired) electrons. The van der Waals surface area contributed by atoms with Crippen molar-refractivity contribution in [1.29, 1.82) is 0 Å². The van der Waals surface area contributed by atoms with E-state index < -0.39 is 0 Å². The Morgan fingerprint density at radius 2 is 1.41 bits per heavy atom. The van der Waals surface area contributed by atoms with E-state index in [0.29, 0.717) is 13.1 Å². The van der Waals surface area contributed by atoms with E-state index in [1.807, 2.05) is 22.6 Å². The number of carbonyl (C=O) groups excluding carboxylic acids is 1. The largest absolute Gasteiger partial charge is 0.335 e. The SMILES string of the molecule is Cc1ccc(-n2nc(C)c3cc(C(=O)N4CCN(C(c5ccccc5)c5ccccc5)CC4)sc32)cc1. The fraction of sp³-hybridized carbons (Fsp3) is 0.226. The van der Waals surface area contributed by atoms with Gasteiger partial charge >= 0.3 is 0 Å². The molecule has 1 aliphatic rings. The van der Waals surface area contributed by atoms with E-state index in [1.54, 1.807) is 11.3 Å². The molecule has 0 saturated carbocycles. The summed E-state index contributed by atoms with van der Waals surface area (Å²) < 4.78 is 1.97. The van der Waals surface area contributed by atoms with Gasteiger partial charge in [-0.1, -0.05) is 78.4 Å². The number of amides is 1. The lowest BCUT2D eigenvalue weighted by Crippen LogP contribution is -2.49. The third-order valence-electron chi connectivity index (χ3n) is 7.23. The minimum absolute atomic E-state index is 0.117. The predicted molar refractivity (Wildman–Crippen MR) is 151 cm³/mol. The average molecular weight is 507 g/mol. The molecule has 0 spiro atoms. The number of aromatic nitrogens is 2. The number of nitrogens with zero attached hydrogens (tertiary/aromatic N) is 4. The van der Waals surface area contributed by atoms with E-state index in [2.05, 4.69) is 96.8 Å². The Bertz CT molecular complexity index is 1480. The molecule has 3 heterocycles. The van der Waals surface area contributed by atoms with Crippen molar-refractivity contribution in [2.45, 2.75) is 19.9 Å². The molecule has 1 fully saturated rings. The summed E-state index contributed by atoms with van der Waals surface area (Å²) in [6.07, 6.45) is 0. The van der Waals surface area contributed by atoms with Gasteiger partial charge in [-0.2, -0.15) is 5.10 Å². The first kappa shape index (κ1) is 23.6. The fourth-order valence-electron chi connectivity index (χ4n) is 5.24. The molecule has 3 aromatic carbocycles. The van der Waals surface area contributed by atoms with Crippen LogP contribution in [0, 0.1) is 13.8 Å². The first-order valence-electron chi connectivity index (χ1n) is 12.8. The average Bonchev–Trinajstić information content (AvgIpc) is 3.51. The van der Waals surface area contributed by atoms with Crippen LogP contribution in [0.1, 0.15) is 38.1 Å². The van der Waals surface area contributed by atoms with Crippen molar-refractivity contribution >= 4 is 27.5 Å². The number of fused-ring (bicyclic) bond motifs is 1. The molecule has 6 heteroatoms. The van der Waals surface area contributed by atoms with Gasteiger partial charge in [0.2, 0.25) is 0 Å². The van der Waals surface area contributed by atoms with Crippen LogP contribution in [0.4, 0.5) is 0 Å². The van der Waals surface area contributed by atoms with Crippen molar-refractivity contribution in [3.8, 4) is 5.69 Å². The summed E-state index contributed by atoms with van der Waals surface area (Å²) in [6, 6.07) is 31.9. The summed E-state index contributed by atoms with van der Waals surface area (Å²) in [5.41, 5.74) is 5.75. The van der Waals surface area contributed by atoms with Crippen molar-refractivity contribution in [3.63, 3.8) is 0 Å². The van der Waals surface area contributed by atoms with Gasteiger partial charge in [0.15, 0.2) is 0 Å². The predicted octanol–water partition coefficient (Wildman–Crippen LogP) is 6.25. The van der Waals surface area contributed by atoms with E-state index in [0.717, 1.165) is 39.6 Å². The molecular formula is C31H30N4OS. The number of thiophene rings is 1. The minimum atomic E-state index is 0.117. The minimum Gasteiger partial charge on any atom is -0.335 e. The summed E-state index contributed by atoms with van der Waals surface area (Å²) in [5.74, 6) is 0.117. The van der Waals surface area contributed by atoms with Crippen molar-refractivity contribution in [2.24, 2.45) is 0 Å². The molecule has 0 N–H and O–H groups in total. The number of rotatable bonds is 5. The second-order valence-corrected chi connectivity index (χ2v) is 10.7. The number of piperazine rings is 1.